The molecule has 2 heterocycles. The molecular weight excluding hydrogens is 340 g/mol. The van der Waals surface area contributed by atoms with Gasteiger partial charge >= 0.3 is 0 Å². The van der Waals surface area contributed by atoms with Gasteiger partial charge < -0.3 is 4.90 Å². The van der Waals surface area contributed by atoms with Crippen LogP contribution in [0.4, 0.5) is 0 Å². The van der Waals surface area contributed by atoms with Crippen LogP contribution in [-0.4, -0.2) is 42.1 Å². The topological polar surface area (TPSA) is 95.7 Å². The summed E-state index contributed by atoms with van der Waals surface area (Å²) >= 11 is 0. The molecule has 1 amide bonds. The lowest BCUT2D eigenvalue weighted by molar-refractivity contribution is -0.115. The summed E-state index contributed by atoms with van der Waals surface area (Å²) in [4.78, 5) is 14.7. The van der Waals surface area contributed by atoms with Gasteiger partial charge in [-0.3, -0.25) is 9.80 Å². The van der Waals surface area contributed by atoms with Gasteiger partial charge in [0, 0.05) is 25.0 Å². The fourth-order valence-electron chi connectivity index (χ4n) is 2.53. The van der Waals surface area contributed by atoms with Crippen LogP contribution in [-0.2, 0) is 14.8 Å². The number of carbonyl (C=O) groups is 1. The Bertz CT molecular complexity index is 751. The zero-order chi connectivity index (χ0) is 18.8. The van der Waals surface area contributed by atoms with Crippen LogP contribution >= 0.6 is 0 Å². The Morgan fingerprint density at radius 3 is 2.44 bits per heavy atom. The first-order valence-corrected chi connectivity index (χ1v) is 9.67. The van der Waals surface area contributed by atoms with Crippen molar-refractivity contribution in [3.8, 4) is 0 Å². The zero-order valence-corrected chi connectivity index (χ0v) is 15.8. The largest absolute Gasteiger partial charge is 0.371 e. The van der Waals surface area contributed by atoms with E-state index in [1.165, 1.54) is 31.9 Å². The van der Waals surface area contributed by atoms with Crippen molar-refractivity contribution in [2.45, 2.75) is 38.4 Å². The highest BCUT2D eigenvalue weighted by Gasteiger charge is 2.32. The lowest BCUT2D eigenvalue weighted by atomic mass is 10.1. The predicted octanol–water partition coefficient (Wildman–Crippen LogP) is 1.35. The van der Waals surface area contributed by atoms with Crippen molar-refractivity contribution in [1.29, 1.82) is 0 Å². The lowest BCUT2D eigenvalue weighted by Gasteiger charge is -2.27. The van der Waals surface area contributed by atoms with Gasteiger partial charge in [0.2, 0.25) is 10.0 Å². The maximum Gasteiger partial charge on any atom is 0.266 e. The minimum absolute atomic E-state index is 0.108. The number of hydrazine groups is 1. The third-order valence-electron chi connectivity index (χ3n) is 4.20. The molecule has 3 N–H and O–H groups in total. The first-order chi connectivity index (χ1) is 11.6. The fraction of sp³-hybridized carbons (Fsp3) is 0.471. The first-order valence-electron chi connectivity index (χ1n) is 8.19. The van der Waals surface area contributed by atoms with Crippen molar-refractivity contribution in [3.63, 3.8) is 0 Å². The molecule has 0 unspecified atom stereocenters. The number of hydrogen-bond donors (Lipinski definition) is 2. The summed E-state index contributed by atoms with van der Waals surface area (Å²) in [7, 11) is -3.83. The first kappa shape index (κ1) is 19.3. The Kier molecular flexibility index (Phi) is 5.43. The monoisotopic (exact) mass is 366 g/mol. The molecule has 0 saturated carbocycles. The van der Waals surface area contributed by atoms with Crippen LogP contribution in [0.5, 0.6) is 0 Å². The van der Waals surface area contributed by atoms with Crippen LogP contribution in [0.2, 0.25) is 0 Å². The van der Waals surface area contributed by atoms with Gasteiger partial charge in [0.15, 0.2) is 0 Å². The van der Waals surface area contributed by atoms with E-state index in [1.54, 1.807) is 12.3 Å². The van der Waals surface area contributed by atoms with E-state index in [9.17, 15) is 13.2 Å². The number of amides is 1. The summed E-state index contributed by atoms with van der Waals surface area (Å²) in [6.07, 6.45) is 8.87. The second-order valence-corrected chi connectivity index (χ2v) is 9.47. The van der Waals surface area contributed by atoms with Gasteiger partial charge in [-0.1, -0.05) is 12.7 Å². The second-order valence-electron chi connectivity index (χ2n) is 7.04. The highest BCUT2D eigenvalue weighted by Crippen LogP contribution is 2.24. The number of allylic oxidation sites excluding steroid dienone is 2. The summed E-state index contributed by atoms with van der Waals surface area (Å²) in [6.45, 7) is 10.1. The molecule has 2 rings (SSSR count). The van der Waals surface area contributed by atoms with E-state index in [-0.39, 0.29) is 5.57 Å². The lowest BCUT2D eigenvalue weighted by Crippen LogP contribution is -2.43. The Balaban J connectivity index is 2.37. The minimum Gasteiger partial charge on any atom is -0.371 e. The number of hydrogen-bond acceptors (Lipinski definition) is 6. The molecule has 0 atom stereocenters. The van der Waals surface area contributed by atoms with Crippen molar-refractivity contribution < 1.29 is 13.2 Å². The highest BCUT2D eigenvalue weighted by molar-refractivity contribution is 7.91. The molecule has 1 fully saturated rings. The summed E-state index contributed by atoms with van der Waals surface area (Å²) in [5.74, 6) is 5.20. The molecule has 1 saturated heterocycles. The van der Waals surface area contributed by atoms with Gasteiger partial charge in [-0.2, -0.15) is 0 Å². The van der Waals surface area contributed by atoms with E-state index < -0.39 is 20.7 Å². The van der Waals surface area contributed by atoms with E-state index in [0.717, 1.165) is 31.6 Å². The highest BCUT2D eigenvalue weighted by atomic mass is 32.2. The number of likely N-dealkylation sites (tertiary alicyclic amines) is 1. The van der Waals surface area contributed by atoms with Gasteiger partial charge in [0.25, 0.3) is 5.91 Å². The van der Waals surface area contributed by atoms with Crippen molar-refractivity contribution in [3.05, 3.63) is 48.0 Å². The smallest absolute Gasteiger partial charge is 0.266 e. The molecular formula is C17H26N4O3S. The molecule has 0 spiro atoms. The minimum atomic E-state index is -3.83. The number of nitrogens with one attached hydrogen (secondary N) is 1. The molecule has 0 radical (unpaired) electrons. The molecule has 0 aromatic heterocycles. The van der Waals surface area contributed by atoms with Crippen LogP contribution in [0.3, 0.4) is 0 Å². The number of sulfonamides is 1. The molecule has 7 nitrogen and oxygen atoms in total. The Labute approximate surface area is 149 Å². The standard InChI is InChI=1S/C17H26N4O3S/c1-5-14(16(22)19-25(23,24)17(2,3)4)15-12-13(8-11-21(15)18)20-9-6-7-10-20/h5,8,11-12H,1,6-7,9-10,18H2,2-4H3,(H,19,22)/b15-14+. The summed E-state index contributed by atoms with van der Waals surface area (Å²) < 4.78 is 25.5. The summed E-state index contributed by atoms with van der Waals surface area (Å²) in [5, 5.41) is 1.29. The molecule has 2 aliphatic rings. The predicted molar refractivity (Wildman–Crippen MR) is 98.1 cm³/mol. The number of carbonyl (C=O) groups excluding carboxylic acids is 1. The van der Waals surface area contributed by atoms with Crippen LogP contribution in [0, 0.1) is 0 Å². The Morgan fingerprint density at radius 1 is 1.32 bits per heavy atom. The molecule has 138 valence electrons. The van der Waals surface area contributed by atoms with Gasteiger partial charge in [-0.05, 0) is 45.8 Å². The number of nitrogens with zero attached hydrogens (tertiary/aromatic N) is 2. The van der Waals surface area contributed by atoms with Crippen LogP contribution in [0.1, 0.15) is 33.6 Å². The van der Waals surface area contributed by atoms with Gasteiger partial charge in [-0.25, -0.2) is 19.0 Å². The number of rotatable bonds is 4. The quantitative estimate of drug-likeness (QED) is 0.576. The SMILES string of the molecule is C=C/C(C(=O)NS(=O)(=O)C(C)(C)C)=C1/C=C(N2CCCC2)C=CN1N. The second kappa shape index (κ2) is 7.05. The number of nitrogens with two attached hydrogens (primary N) is 1. The van der Waals surface area contributed by atoms with Crippen LogP contribution in [0.25, 0.3) is 0 Å². The van der Waals surface area contributed by atoms with Crippen molar-refractivity contribution in [1.82, 2.24) is 14.6 Å². The van der Waals surface area contributed by atoms with Crippen LogP contribution < -0.4 is 10.6 Å². The van der Waals surface area contributed by atoms with Crippen molar-refractivity contribution in [2.75, 3.05) is 13.1 Å². The van der Waals surface area contributed by atoms with Gasteiger partial charge in [0.05, 0.1) is 16.0 Å². The Hall–Kier alpha value is -2.06. The maximum absolute atomic E-state index is 12.5. The van der Waals surface area contributed by atoms with Gasteiger partial charge in [0.1, 0.15) is 0 Å². The molecule has 2 aliphatic heterocycles. The Morgan fingerprint density at radius 2 is 1.92 bits per heavy atom. The molecule has 0 aromatic carbocycles. The normalized spacial score (nSPS) is 20.4. The third kappa shape index (κ3) is 4.13. The molecule has 8 heteroatoms. The maximum atomic E-state index is 12.5. The van der Waals surface area contributed by atoms with Crippen molar-refractivity contribution in [2.24, 2.45) is 5.84 Å². The van der Waals surface area contributed by atoms with Crippen molar-refractivity contribution >= 4 is 15.9 Å². The van der Waals surface area contributed by atoms with E-state index in [1.807, 2.05) is 6.08 Å². The van der Waals surface area contributed by atoms with Crippen LogP contribution in [0.15, 0.2) is 48.0 Å². The summed E-state index contributed by atoms with van der Waals surface area (Å²) in [6, 6.07) is 0. The zero-order valence-electron chi connectivity index (χ0n) is 14.9. The molecule has 0 aliphatic carbocycles. The van der Waals surface area contributed by atoms with E-state index in [0.29, 0.717) is 5.70 Å². The average molecular weight is 366 g/mol. The molecule has 0 bridgehead atoms. The van der Waals surface area contributed by atoms with Gasteiger partial charge in [-0.15, -0.1) is 0 Å². The van der Waals surface area contributed by atoms with E-state index in [2.05, 4.69) is 16.2 Å². The summed E-state index contributed by atoms with van der Waals surface area (Å²) in [5.41, 5.74) is 1.46. The third-order valence-corrected chi connectivity index (χ3v) is 6.26. The van der Waals surface area contributed by atoms with E-state index in [4.69, 9.17) is 5.84 Å². The average Bonchev–Trinajstić information content (AvgIpc) is 3.02. The fourth-order valence-corrected chi connectivity index (χ4v) is 3.19. The van der Waals surface area contributed by atoms with E-state index >= 15 is 0 Å². The molecule has 0 aromatic rings. The molecule has 25 heavy (non-hydrogen) atoms.